The topological polar surface area (TPSA) is 48.7 Å². The maximum absolute atomic E-state index is 5.43. The van der Waals surface area contributed by atoms with E-state index in [2.05, 4.69) is 24.0 Å². The summed E-state index contributed by atoms with van der Waals surface area (Å²) >= 11 is 0. The quantitative estimate of drug-likeness (QED) is 0.474. The molecule has 0 saturated carbocycles. The molecular formula is C19H32N2O3+2. The van der Waals surface area contributed by atoms with E-state index < -0.39 is 0 Å². The first-order valence-corrected chi connectivity index (χ1v) is 8.86. The van der Waals surface area contributed by atoms with Gasteiger partial charge in [0.1, 0.15) is 19.1 Å². The Morgan fingerprint density at radius 3 is 2.67 bits per heavy atom. The van der Waals surface area contributed by atoms with Crippen molar-refractivity contribution in [1.82, 2.24) is 0 Å². The van der Waals surface area contributed by atoms with Crippen LogP contribution < -0.4 is 19.7 Å². The Labute approximate surface area is 145 Å². The lowest BCUT2D eigenvalue weighted by atomic mass is 10.0. The number of morpholine rings is 1. The Bertz CT molecular complexity index is 501. The van der Waals surface area contributed by atoms with Crippen LogP contribution in [0.5, 0.6) is 11.5 Å². The van der Waals surface area contributed by atoms with Crippen LogP contribution in [0.4, 0.5) is 0 Å². The van der Waals surface area contributed by atoms with Crippen molar-refractivity contribution in [3.63, 3.8) is 0 Å². The van der Waals surface area contributed by atoms with E-state index in [1.807, 2.05) is 12.1 Å². The predicted octanol–water partition coefficient (Wildman–Crippen LogP) is 0.190. The summed E-state index contributed by atoms with van der Waals surface area (Å²) in [5.41, 5.74) is 1.26. The fourth-order valence-electron chi connectivity index (χ4n) is 3.21. The van der Waals surface area contributed by atoms with Crippen LogP contribution >= 0.6 is 0 Å². The van der Waals surface area contributed by atoms with E-state index in [9.17, 15) is 0 Å². The molecule has 1 aliphatic heterocycles. The highest BCUT2D eigenvalue weighted by Gasteiger charge is 2.17. The second-order valence-electron chi connectivity index (χ2n) is 6.24. The van der Waals surface area contributed by atoms with E-state index in [1.54, 1.807) is 19.1 Å². The Hall–Kier alpha value is -1.56. The van der Waals surface area contributed by atoms with Crippen LogP contribution in [0.15, 0.2) is 30.9 Å². The summed E-state index contributed by atoms with van der Waals surface area (Å²) in [7, 11) is 3.35. The molecule has 2 rings (SSSR count). The first-order valence-electron chi connectivity index (χ1n) is 8.86. The van der Waals surface area contributed by atoms with Crippen molar-refractivity contribution in [3.8, 4) is 11.5 Å². The molecule has 0 amide bonds. The second-order valence-corrected chi connectivity index (χ2v) is 6.24. The van der Waals surface area contributed by atoms with Crippen molar-refractivity contribution >= 4 is 0 Å². The van der Waals surface area contributed by atoms with Crippen molar-refractivity contribution in [2.75, 3.05) is 53.6 Å². The molecule has 0 unspecified atom stereocenters. The average molecular weight is 336 g/mol. The standard InChI is InChI=1S/C19H30N2O3/c1-4-6-17(16-7-8-18(22-2)19(15-16)23-3)20-9-5-10-21-11-13-24-14-12-21/h4,7-8,15,17,20H,1,5-6,9-14H2,2-3H3/p+2/t17-/m0/s1. The summed E-state index contributed by atoms with van der Waals surface area (Å²) < 4.78 is 16.2. The van der Waals surface area contributed by atoms with Gasteiger partial charge in [-0.3, -0.25) is 0 Å². The van der Waals surface area contributed by atoms with Crippen LogP contribution in [0.1, 0.15) is 24.4 Å². The summed E-state index contributed by atoms with van der Waals surface area (Å²) in [4.78, 5) is 1.67. The third-order valence-electron chi connectivity index (χ3n) is 4.64. The molecule has 134 valence electrons. The third kappa shape index (κ3) is 5.51. The highest BCUT2D eigenvalue weighted by atomic mass is 16.5. The highest BCUT2D eigenvalue weighted by Crippen LogP contribution is 2.29. The zero-order valence-corrected chi connectivity index (χ0v) is 15.1. The van der Waals surface area contributed by atoms with Gasteiger partial charge in [0.15, 0.2) is 11.5 Å². The van der Waals surface area contributed by atoms with Crippen LogP contribution in [0.3, 0.4) is 0 Å². The molecule has 1 fully saturated rings. The Balaban J connectivity index is 1.87. The molecule has 24 heavy (non-hydrogen) atoms. The molecule has 3 N–H and O–H groups in total. The SMILES string of the molecule is C=CC[C@H]([NH2+]CCC[NH+]1CCOCC1)c1ccc(OC)c(OC)c1. The van der Waals surface area contributed by atoms with Gasteiger partial charge < -0.3 is 24.4 Å². The number of quaternary nitrogens is 2. The molecule has 1 aliphatic rings. The zero-order valence-electron chi connectivity index (χ0n) is 15.1. The van der Waals surface area contributed by atoms with Crippen LogP contribution in [0.25, 0.3) is 0 Å². The molecule has 0 spiro atoms. The second kappa shape index (κ2) is 10.3. The summed E-state index contributed by atoms with van der Waals surface area (Å²) in [6.45, 7) is 10.4. The number of hydrogen-bond acceptors (Lipinski definition) is 3. The first-order chi connectivity index (χ1) is 11.8. The maximum atomic E-state index is 5.43. The molecule has 0 aliphatic carbocycles. The van der Waals surface area contributed by atoms with Gasteiger partial charge in [-0.05, 0) is 18.2 Å². The van der Waals surface area contributed by atoms with E-state index in [4.69, 9.17) is 14.2 Å². The predicted molar refractivity (Wildman–Crippen MR) is 94.9 cm³/mol. The fourth-order valence-corrected chi connectivity index (χ4v) is 3.21. The summed E-state index contributed by atoms with van der Waals surface area (Å²) in [5.74, 6) is 1.56. The number of ether oxygens (including phenoxy) is 3. The number of benzene rings is 1. The molecular weight excluding hydrogens is 304 g/mol. The fraction of sp³-hybridized carbons (Fsp3) is 0.579. The van der Waals surface area contributed by atoms with E-state index >= 15 is 0 Å². The summed E-state index contributed by atoms with van der Waals surface area (Å²) in [6.07, 6.45) is 4.15. The van der Waals surface area contributed by atoms with Gasteiger partial charge >= 0.3 is 0 Å². The molecule has 1 heterocycles. The van der Waals surface area contributed by atoms with Gasteiger partial charge in [-0.25, -0.2) is 0 Å². The summed E-state index contributed by atoms with van der Waals surface area (Å²) in [5, 5.41) is 2.42. The molecule has 0 aromatic heterocycles. The van der Waals surface area contributed by atoms with Gasteiger partial charge in [0, 0.05) is 18.4 Å². The third-order valence-corrected chi connectivity index (χ3v) is 4.64. The number of rotatable bonds is 10. The van der Waals surface area contributed by atoms with Crippen LogP contribution in [0.2, 0.25) is 0 Å². The van der Waals surface area contributed by atoms with E-state index in [1.165, 1.54) is 18.5 Å². The van der Waals surface area contributed by atoms with Crippen molar-refractivity contribution in [3.05, 3.63) is 36.4 Å². The Morgan fingerprint density at radius 2 is 2.00 bits per heavy atom. The summed E-state index contributed by atoms with van der Waals surface area (Å²) in [6, 6.07) is 6.56. The lowest BCUT2D eigenvalue weighted by Crippen LogP contribution is -3.14. The normalized spacial score (nSPS) is 16.6. The van der Waals surface area contributed by atoms with Gasteiger partial charge in [-0.1, -0.05) is 6.08 Å². The van der Waals surface area contributed by atoms with Crippen LogP contribution in [0, 0.1) is 0 Å². The first kappa shape index (κ1) is 18.8. The van der Waals surface area contributed by atoms with E-state index in [0.717, 1.165) is 50.8 Å². The minimum atomic E-state index is 0.377. The average Bonchev–Trinajstić information content (AvgIpc) is 2.64. The van der Waals surface area contributed by atoms with Crippen LogP contribution in [-0.2, 0) is 4.74 Å². The largest absolute Gasteiger partial charge is 0.493 e. The van der Waals surface area contributed by atoms with Crippen LogP contribution in [-0.4, -0.2) is 53.6 Å². The molecule has 1 atom stereocenters. The van der Waals surface area contributed by atoms with E-state index in [-0.39, 0.29) is 0 Å². The molecule has 1 saturated heterocycles. The van der Waals surface area contributed by atoms with Crippen molar-refractivity contribution in [2.24, 2.45) is 0 Å². The molecule has 0 radical (unpaired) electrons. The minimum Gasteiger partial charge on any atom is -0.493 e. The van der Waals surface area contributed by atoms with Gasteiger partial charge in [0.2, 0.25) is 0 Å². The smallest absolute Gasteiger partial charge is 0.161 e. The molecule has 1 aromatic carbocycles. The Kier molecular flexibility index (Phi) is 8.08. The molecule has 0 bridgehead atoms. The highest BCUT2D eigenvalue weighted by molar-refractivity contribution is 5.43. The number of methoxy groups -OCH3 is 2. The Morgan fingerprint density at radius 1 is 1.25 bits per heavy atom. The van der Waals surface area contributed by atoms with Crippen molar-refractivity contribution in [2.45, 2.75) is 18.9 Å². The van der Waals surface area contributed by atoms with Gasteiger partial charge in [-0.15, -0.1) is 6.58 Å². The molecule has 5 heteroatoms. The molecule has 1 aromatic rings. The van der Waals surface area contributed by atoms with Gasteiger partial charge in [0.05, 0.1) is 40.5 Å². The monoisotopic (exact) mass is 336 g/mol. The van der Waals surface area contributed by atoms with Gasteiger partial charge in [0.25, 0.3) is 0 Å². The lowest BCUT2D eigenvalue weighted by molar-refractivity contribution is -0.909. The zero-order chi connectivity index (χ0) is 17.2. The maximum Gasteiger partial charge on any atom is 0.161 e. The van der Waals surface area contributed by atoms with Gasteiger partial charge in [-0.2, -0.15) is 0 Å². The number of nitrogens with two attached hydrogens (primary N) is 1. The van der Waals surface area contributed by atoms with Crippen molar-refractivity contribution < 1.29 is 24.4 Å². The number of hydrogen-bond donors (Lipinski definition) is 2. The minimum absolute atomic E-state index is 0.377. The van der Waals surface area contributed by atoms with E-state index in [0.29, 0.717) is 6.04 Å². The van der Waals surface area contributed by atoms with Crippen molar-refractivity contribution in [1.29, 1.82) is 0 Å². The molecule has 5 nitrogen and oxygen atoms in total. The number of nitrogens with one attached hydrogen (secondary N) is 1. The lowest BCUT2D eigenvalue weighted by Gasteiger charge is -2.23.